The highest BCUT2D eigenvalue weighted by Crippen LogP contribution is 2.65. The topological polar surface area (TPSA) is 64.8 Å². The number of rotatable bonds is 2. The van der Waals surface area contributed by atoms with E-state index in [1.807, 2.05) is 25.7 Å². The van der Waals surface area contributed by atoms with Crippen LogP contribution in [0.2, 0.25) is 0 Å². The molecular weight excluding hydrogens is 327 g/mol. The van der Waals surface area contributed by atoms with Crippen molar-refractivity contribution < 1.29 is 14.1 Å². The second kappa shape index (κ2) is 5.71. The Balaban J connectivity index is 1.51. The molecule has 146 valence electrons. The van der Waals surface area contributed by atoms with E-state index in [1.54, 1.807) is 0 Å². The van der Waals surface area contributed by atoms with Crippen molar-refractivity contribution in [3.05, 3.63) is 0 Å². The Labute approximate surface area is 158 Å². The van der Waals surface area contributed by atoms with Crippen molar-refractivity contribution in [3.63, 3.8) is 0 Å². The molecule has 5 nitrogen and oxygen atoms in total. The van der Waals surface area contributed by atoms with Crippen LogP contribution in [-0.4, -0.2) is 48.2 Å². The molecule has 1 amide bonds. The Morgan fingerprint density at radius 2 is 1.96 bits per heavy atom. The Kier molecular flexibility index (Phi) is 4.12. The third-order valence-corrected chi connectivity index (χ3v) is 8.06. The number of carbonyl (C=O) groups is 1. The molecule has 5 rings (SSSR count). The summed E-state index contributed by atoms with van der Waals surface area (Å²) in [7, 11) is -0.307. The van der Waals surface area contributed by atoms with Crippen LogP contribution in [0.25, 0.3) is 0 Å². The summed E-state index contributed by atoms with van der Waals surface area (Å²) in [5.41, 5.74) is 6.15. The van der Waals surface area contributed by atoms with Gasteiger partial charge in [0.1, 0.15) is 0 Å². The summed E-state index contributed by atoms with van der Waals surface area (Å²) in [6.07, 6.45) is 4.43. The minimum atomic E-state index is -0.492. The number of hydrogen-bond donors (Lipinski definition) is 1. The van der Waals surface area contributed by atoms with E-state index in [4.69, 9.17) is 15.0 Å². The number of amides is 1. The van der Waals surface area contributed by atoms with Gasteiger partial charge < -0.3 is 19.9 Å². The zero-order chi connectivity index (χ0) is 19.1. The normalized spacial score (nSPS) is 42.4. The van der Waals surface area contributed by atoms with Crippen molar-refractivity contribution in [2.75, 3.05) is 6.54 Å². The van der Waals surface area contributed by atoms with E-state index in [2.05, 4.69) is 20.8 Å². The van der Waals surface area contributed by atoms with Gasteiger partial charge in [0.2, 0.25) is 5.91 Å². The highest BCUT2D eigenvalue weighted by Gasteiger charge is 2.69. The predicted octanol–water partition coefficient (Wildman–Crippen LogP) is 2.62. The van der Waals surface area contributed by atoms with Gasteiger partial charge in [0.25, 0.3) is 0 Å². The van der Waals surface area contributed by atoms with Crippen molar-refractivity contribution >= 4 is 13.0 Å². The fourth-order valence-electron chi connectivity index (χ4n) is 5.96. The lowest BCUT2D eigenvalue weighted by atomic mass is 9.43. The molecule has 2 heterocycles. The van der Waals surface area contributed by atoms with Crippen LogP contribution in [0, 0.1) is 22.7 Å². The zero-order valence-corrected chi connectivity index (χ0v) is 17.2. The maximum absolute atomic E-state index is 13.0. The summed E-state index contributed by atoms with van der Waals surface area (Å²) < 4.78 is 13.0. The highest BCUT2D eigenvalue weighted by molar-refractivity contribution is 6.48. The second-order valence-electron chi connectivity index (χ2n) is 10.9. The summed E-state index contributed by atoms with van der Waals surface area (Å²) in [6, 6.07) is -0.492. The van der Waals surface area contributed by atoms with E-state index in [-0.39, 0.29) is 36.1 Å². The first-order chi connectivity index (χ1) is 12.0. The third kappa shape index (κ3) is 2.51. The van der Waals surface area contributed by atoms with Crippen molar-refractivity contribution in [1.82, 2.24) is 4.90 Å². The fourth-order valence-corrected chi connectivity index (χ4v) is 5.96. The van der Waals surface area contributed by atoms with Gasteiger partial charge in [0.15, 0.2) is 0 Å². The number of nitrogens with zero attached hydrogens (tertiary/aromatic N) is 1. The van der Waals surface area contributed by atoms with Gasteiger partial charge in [-0.2, -0.15) is 0 Å². The first-order valence-electron chi connectivity index (χ1n) is 10.4. The van der Waals surface area contributed by atoms with Gasteiger partial charge in [-0.1, -0.05) is 34.6 Å². The first-order valence-corrected chi connectivity index (χ1v) is 10.4. The maximum Gasteiger partial charge on any atom is 0.481 e. The average Bonchev–Trinajstić information content (AvgIpc) is 3.14. The number of likely N-dealkylation sites (tertiary alicyclic amines) is 1. The van der Waals surface area contributed by atoms with Crippen LogP contribution in [0.15, 0.2) is 0 Å². The summed E-state index contributed by atoms with van der Waals surface area (Å²) in [6.45, 7) is 13.8. The summed E-state index contributed by atoms with van der Waals surface area (Å²) in [4.78, 5) is 15.0. The smallest absolute Gasteiger partial charge is 0.404 e. The van der Waals surface area contributed by atoms with E-state index in [1.165, 1.54) is 6.42 Å². The van der Waals surface area contributed by atoms with E-state index in [0.29, 0.717) is 11.3 Å². The van der Waals surface area contributed by atoms with Gasteiger partial charge >= 0.3 is 7.12 Å². The van der Waals surface area contributed by atoms with Gasteiger partial charge in [0.05, 0.1) is 23.7 Å². The molecule has 6 atom stereocenters. The molecule has 2 bridgehead atoms. The van der Waals surface area contributed by atoms with Gasteiger partial charge in [-0.05, 0) is 55.3 Å². The molecule has 26 heavy (non-hydrogen) atoms. The Bertz CT molecular complexity index is 604. The van der Waals surface area contributed by atoms with Gasteiger partial charge in [-0.25, -0.2) is 0 Å². The molecule has 5 fully saturated rings. The minimum absolute atomic E-state index is 0.00126. The molecule has 2 N–H and O–H groups in total. The van der Waals surface area contributed by atoms with Crippen molar-refractivity contribution in [2.24, 2.45) is 28.4 Å². The van der Waals surface area contributed by atoms with Crippen LogP contribution < -0.4 is 5.73 Å². The highest BCUT2D eigenvalue weighted by atomic mass is 16.7. The predicted molar refractivity (Wildman–Crippen MR) is 102 cm³/mol. The van der Waals surface area contributed by atoms with Crippen molar-refractivity contribution in [2.45, 2.75) is 90.9 Å². The monoisotopic (exact) mass is 362 g/mol. The van der Waals surface area contributed by atoms with E-state index < -0.39 is 6.04 Å². The van der Waals surface area contributed by atoms with Crippen LogP contribution >= 0.6 is 0 Å². The van der Waals surface area contributed by atoms with Crippen LogP contribution in [0.3, 0.4) is 0 Å². The first kappa shape index (κ1) is 18.8. The molecule has 2 unspecified atom stereocenters. The molecule has 0 spiro atoms. The number of hydrogen-bond acceptors (Lipinski definition) is 4. The Morgan fingerprint density at radius 3 is 2.58 bits per heavy atom. The Morgan fingerprint density at radius 1 is 1.27 bits per heavy atom. The average molecular weight is 362 g/mol. The third-order valence-electron chi connectivity index (χ3n) is 8.06. The quantitative estimate of drug-likeness (QED) is 0.767. The van der Waals surface area contributed by atoms with Crippen molar-refractivity contribution in [3.8, 4) is 0 Å². The number of nitrogens with two attached hydrogens (primary N) is 1. The van der Waals surface area contributed by atoms with Gasteiger partial charge in [-0.15, -0.1) is 0 Å². The van der Waals surface area contributed by atoms with Crippen LogP contribution in [0.1, 0.15) is 67.2 Å². The molecule has 3 saturated carbocycles. The standard InChI is InChI=1S/C20H35BN2O3/c1-18(2,3)16(22)17(24)23-9-7-8-15(23)21-25-14-11-12-10-13(19(12,4)5)20(14,6)26-21/h12-16H,7-11,22H2,1-6H3/t12?,13?,14-,15+,16-,20+/m1/s1. The molecule has 0 aromatic carbocycles. The lowest BCUT2D eigenvalue weighted by molar-refractivity contribution is -0.199. The summed E-state index contributed by atoms with van der Waals surface area (Å²) in [5.74, 6) is 1.32. The molecule has 2 aliphatic heterocycles. The van der Waals surface area contributed by atoms with E-state index >= 15 is 0 Å². The van der Waals surface area contributed by atoms with Gasteiger partial charge in [-0.3, -0.25) is 4.79 Å². The van der Waals surface area contributed by atoms with Gasteiger partial charge in [0, 0.05) is 6.54 Å². The minimum Gasteiger partial charge on any atom is -0.404 e. The molecule has 0 aromatic rings. The molecule has 5 aliphatic rings. The summed E-state index contributed by atoms with van der Waals surface area (Å²) in [5, 5.41) is 0. The molecular formula is C20H35BN2O3. The number of carbonyl (C=O) groups excluding carboxylic acids is 1. The van der Waals surface area contributed by atoms with Crippen LogP contribution in [-0.2, 0) is 14.1 Å². The molecule has 6 heteroatoms. The fraction of sp³-hybridized carbons (Fsp3) is 0.950. The largest absolute Gasteiger partial charge is 0.481 e. The van der Waals surface area contributed by atoms with E-state index in [0.717, 1.165) is 31.7 Å². The van der Waals surface area contributed by atoms with Crippen LogP contribution in [0.5, 0.6) is 0 Å². The lowest BCUT2D eigenvalue weighted by Crippen LogP contribution is -2.65. The van der Waals surface area contributed by atoms with Crippen LogP contribution in [0.4, 0.5) is 0 Å². The molecule has 0 radical (unpaired) electrons. The molecule has 0 aromatic heterocycles. The van der Waals surface area contributed by atoms with E-state index in [9.17, 15) is 4.79 Å². The summed E-state index contributed by atoms with van der Waals surface area (Å²) >= 11 is 0. The zero-order valence-electron chi connectivity index (χ0n) is 17.2. The Hall–Kier alpha value is -0.585. The van der Waals surface area contributed by atoms with Crippen molar-refractivity contribution in [1.29, 1.82) is 0 Å². The lowest BCUT2D eigenvalue weighted by Gasteiger charge is -2.64. The molecule has 2 saturated heterocycles. The SMILES string of the molecule is CC1(C)C2CC1[C@]1(C)OB([C@@H]3CCCN3C(=O)[C@@H](N)C(C)(C)C)O[C@@H]1C2. The second-order valence-corrected chi connectivity index (χ2v) is 10.9. The molecule has 3 aliphatic carbocycles. The maximum atomic E-state index is 13.0.